The van der Waals surface area contributed by atoms with Crippen molar-refractivity contribution < 1.29 is 0 Å². The third-order valence-corrected chi connectivity index (χ3v) is 2.66. The Labute approximate surface area is 95.9 Å². The van der Waals surface area contributed by atoms with Crippen LogP contribution >= 0.6 is 0 Å². The molecular formula is C13H17N3. The Morgan fingerprint density at radius 3 is 2.94 bits per heavy atom. The summed E-state index contributed by atoms with van der Waals surface area (Å²) in [5.74, 6) is 0. The number of nitrogens with zero attached hydrogens (tertiary/aromatic N) is 1. The molecule has 1 unspecified atom stereocenters. The van der Waals surface area contributed by atoms with Crippen molar-refractivity contribution in [3.8, 4) is 0 Å². The number of H-pyrrole nitrogens is 1. The first-order valence-electron chi connectivity index (χ1n) is 5.61. The van der Waals surface area contributed by atoms with Crippen LogP contribution in [0.5, 0.6) is 0 Å². The van der Waals surface area contributed by atoms with Crippen LogP contribution in [0.4, 0.5) is 5.69 Å². The Kier molecular flexibility index (Phi) is 3.25. The van der Waals surface area contributed by atoms with Gasteiger partial charge < -0.3 is 10.3 Å². The number of rotatable bonds is 4. The molecule has 3 heteroatoms. The van der Waals surface area contributed by atoms with E-state index < -0.39 is 0 Å². The largest absolute Gasteiger partial charge is 0.377 e. The van der Waals surface area contributed by atoms with Crippen LogP contribution in [0.15, 0.2) is 36.8 Å². The number of aryl methyl sites for hydroxylation is 1. The summed E-state index contributed by atoms with van der Waals surface area (Å²) in [7, 11) is 0. The molecule has 1 heterocycles. The molecule has 0 aliphatic heterocycles. The second kappa shape index (κ2) is 4.84. The summed E-state index contributed by atoms with van der Waals surface area (Å²) in [6.45, 7) is 4.26. The Morgan fingerprint density at radius 2 is 2.31 bits per heavy atom. The molecule has 0 saturated carbocycles. The summed E-state index contributed by atoms with van der Waals surface area (Å²) in [6, 6.07) is 8.70. The summed E-state index contributed by atoms with van der Waals surface area (Å²) in [5.41, 5.74) is 3.55. The van der Waals surface area contributed by atoms with E-state index in [1.807, 2.05) is 6.20 Å². The van der Waals surface area contributed by atoms with Gasteiger partial charge in [-0.2, -0.15) is 0 Å². The first kappa shape index (κ1) is 10.7. The minimum atomic E-state index is 0.296. The van der Waals surface area contributed by atoms with E-state index >= 15 is 0 Å². The summed E-state index contributed by atoms with van der Waals surface area (Å²) < 4.78 is 0. The van der Waals surface area contributed by atoms with Crippen LogP contribution < -0.4 is 5.32 Å². The van der Waals surface area contributed by atoms with Crippen molar-refractivity contribution >= 4 is 5.69 Å². The minimum absolute atomic E-state index is 0.296. The topological polar surface area (TPSA) is 40.7 Å². The van der Waals surface area contributed by atoms with Gasteiger partial charge in [0.25, 0.3) is 0 Å². The van der Waals surface area contributed by atoms with Crippen molar-refractivity contribution in [2.75, 3.05) is 5.32 Å². The molecule has 0 amide bonds. The zero-order valence-corrected chi connectivity index (χ0v) is 9.70. The van der Waals surface area contributed by atoms with Crippen LogP contribution in [0.1, 0.15) is 30.6 Å². The fourth-order valence-corrected chi connectivity index (χ4v) is 1.79. The van der Waals surface area contributed by atoms with Crippen molar-refractivity contribution in [2.45, 2.75) is 26.3 Å². The molecule has 0 spiro atoms. The molecule has 2 N–H and O–H groups in total. The fourth-order valence-electron chi connectivity index (χ4n) is 1.79. The van der Waals surface area contributed by atoms with Crippen LogP contribution in [-0.4, -0.2) is 9.97 Å². The van der Waals surface area contributed by atoms with Crippen molar-refractivity contribution in [1.29, 1.82) is 0 Å². The van der Waals surface area contributed by atoms with E-state index in [1.165, 1.54) is 5.56 Å². The van der Waals surface area contributed by atoms with Gasteiger partial charge in [-0.25, -0.2) is 4.98 Å². The fraction of sp³-hybridized carbons (Fsp3) is 0.308. The molecule has 0 fully saturated rings. The lowest BCUT2D eigenvalue weighted by Gasteiger charge is -2.16. The van der Waals surface area contributed by atoms with E-state index in [9.17, 15) is 0 Å². The predicted molar refractivity (Wildman–Crippen MR) is 66.4 cm³/mol. The predicted octanol–water partition coefficient (Wildman–Crippen LogP) is 3.28. The normalized spacial score (nSPS) is 12.4. The van der Waals surface area contributed by atoms with Gasteiger partial charge in [0.15, 0.2) is 0 Å². The molecule has 0 saturated heterocycles. The lowest BCUT2D eigenvalue weighted by Crippen LogP contribution is -2.09. The first-order valence-corrected chi connectivity index (χ1v) is 5.61. The molecule has 0 bridgehead atoms. The van der Waals surface area contributed by atoms with E-state index in [0.717, 1.165) is 17.8 Å². The van der Waals surface area contributed by atoms with Crippen molar-refractivity contribution in [2.24, 2.45) is 0 Å². The van der Waals surface area contributed by atoms with E-state index in [2.05, 4.69) is 53.4 Å². The quantitative estimate of drug-likeness (QED) is 0.821. The van der Waals surface area contributed by atoms with Gasteiger partial charge in [-0.15, -0.1) is 0 Å². The van der Waals surface area contributed by atoms with Crippen LogP contribution in [0, 0.1) is 6.92 Å². The molecule has 84 valence electrons. The summed E-state index contributed by atoms with van der Waals surface area (Å²) in [4.78, 5) is 7.20. The highest BCUT2D eigenvalue weighted by Gasteiger charge is 2.09. The Bertz CT molecular complexity index is 434. The monoisotopic (exact) mass is 215 g/mol. The van der Waals surface area contributed by atoms with E-state index in [0.29, 0.717) is 6.04 Å². The number of hydrogen-bond acceptors (Lipinski definition) is 2. The zero-order valence-electron chi connectivity index (χ0n) is 9.70. The molecule has 0 aliphatic carbocycles. The van der Waals surface area contributed by atoms with Crippen molar-refractivity contribution in [3.63, 3.8) is 0 Å². The van der Waals surface area contributed by atoms with Crippen LogP contribution in [0.3, 0.4) is 0 Å². The highest BCUT2D eigenvalue weighted by molar-refractivity contribution is 5.46. The third kappa shape index (κ3) is 2.42. The number of anilines is 1. The number of aromatic nitrogens is 2. The SMILES string of the molecule is CCC(Nc1cccc(C)c1)c1cnc[nH]1. The van der Waals surface area contributed by atoms with Crippen molar-refractivity contribution in [3.05, 3.63) is 48.0 Å². The van der Waals surface area contributed by atoms with Gasteiger partial charge in [0, 0.05) is 5.69 Å². The highest BCUT2D eigenvalue weighted by atomic mass is 15.0. The van der Waals surface area contributed by atoms with E-state index in [4.69, 9.17) is 0 Å². The van der Waals surface area contributed by atoms with Gasteiger partial charge in [0.1, 0.15) is 0 Å². The summed E-state index contributed by atoms with van der Waals surface area (Å²) in [5, 5.41) is 3.50. The van der Waals surface area contributed by atoms with E-state index in [-0.39, 0.29) is 0 Å². The molecule has 1 atom stereocenters. The Balaban J connectivity index is 2.13. The lowest BCUT2D eigenvalue weighted by molar-refractivity contribution is 0.728. The summed E-state index contributed by atoms with van der Waals surface area (Å²) >= 11 is 0. The molecule has 0 radical (unpaired) electrons. The standard InChI is InChI=1S/C13H17N3/c1-3-12(13-8-14-9-15-13)16-11-6-4-5-10(2)7-11/h4-9,12,16H,3H2,1-2H3,(H,14,15). The number of benzene rings is 1. The van der Waals surface area contributed by atoms with Gasteiger partial charge in [-0.1, -0.05) is 19.1 Å². The molecule has 1 aromatic carbocycles. The number of aromatic amines is 1. The third-order valence-electron chi connectivity index (χ3n) is 2.66. The second-order valence-electron chi connectivity index (χ2n) is 3.98. The smallest absolute Gasteiger partial charge is 0.0922 e. The van der Waals surface area contributed by atoms with Gasteiger partial charge in [0.05, 0.1) is 24.3 Å². The van der Waals surface area contributed by atoms with E-state index in [1.54, 1.807) is 6.33 Å². The van der Waals surface area contributed by atoms with Gasteiger partial charge in [-0.3, -0.25) is 0 Å². The molecule has 3 nitrogen and oxygen atoms in total. The average molecular weight is 215 g/mol. The zero-order chi connectivity index (χ0) is 11.4. The minimum Gasteiger partial charge on any atom is -0.377 e. The van der Waals surface area contributed by atoms with Gasteiger partial charge in [-0.05, 0) is 31.0 Å². The highest BCUT2D eigenvalue weighted by Crippen LogP contribution is 2.20. The number of imidazole rings is 1. The molecular weight excluding hydrogens is 198 g/mol. The molecule has 16 heavy (non-hydrogen) atoms. The lowest BCUT2D eigenvalue weighted by atomic mass is 10.1. The Hall–Kier alpha value is -1.77. The maximum absolute atomic E-state index is 4.05. The number of hydrogen-bond donors (Lipinski definition) is 2. The number of nitrogens with one attached hydrogen (secondary N) is 2. The molecule has 2 rings (SSSR count). The van der Waals surface area contributed by atoms with Crippen LogP contribution in [0.25, 0.3) is 0 Å². The van der Waals surface area contributed by atoms with Gasteiger partial charge >= 0.3 is 0 Å². The van der Waals surface area contributed by atoms with Crippen molar-refractivity contribution in [1.82, 2.24) is 9.97 Å². The molecule has 1 aromatic heterocycles. The molecule has 2 aromatic rings. The first-order chi connectivity index (χ1) is 7.79. The maximum atomic E-state index is 4.05. The maximum Gasteiger partial charge on any atom is 0.0922 e. The Morgan fingerprint density at radius 1 is 1.44 bits per heavy atom. The molecule has 0 aliphatic rings. The van der Waals surface area contributed by atoms with Crippen LogP contribution in [-0.2, 0) is 0 Å². The second-order valence-corrected chi connectivity index (χ2v) is 3.98. The van der Waals surface area contributed by atoms with Crippen LogP contribution in [0.2, 0.25) is 0 Å². The average Bonchev–Trinajstić information content (AvgIpc) is 2.79. The summed E-state index contributed by atoms with van der Waals surface area (Å²) in [6.07, 6.45) is 4.61. The van der Waals surface area contributed by atoms with Gasteiger partial charge in [0.2, 0.25) is 0 Å².